The normalized spacial score (nSPS) is 10.9. The Morgan fingerprint density at radius 3 is 2.68 bits per heavy atom. The van der Waals surface area contributed by atoms with Crippen LogP contribution in [0.2, 0.25) is 5.02 Å². The van der Waals surface area contributed by atoms with Crippen LogP contribution in [0.15, 0.2) is 48.8 Å². The van der Waals surface area contributed by atoms with E-state index >= 15 is 0 Å². The molecule has 0 N–H and O–H groups in total. The minimum Gasteiger partial charge on any atom is -0.202 e. The maximum atomic E-state index is 5.97. The molecule has 2 heterocycles. The number of fused-ring (bicyclic) bond motifs is 1. The first-order valence-electron chi connectivity index (χ1n) is 6.19. The average Bonchev–Trinajstić information content (AvgIpc) is 2.38. The van der Waals surface area contributed by atoms with Gasteiger partial charge in [-0.1, -0.05) is 35.4 Å². The fourth-order valence-electron chi connectivity index (χ4n) is 2.26. The van der Waals surface area contributed by atoms with Gasteiger partial charge in [0.2, 0.25) is 0 Å². The zero-order valence-corrected chi connectivity index (χ0v) is 11.6. The van der Waals surface area contributed by atoms with Crippen LogP contribution in [-0.4, -0.2) is 4.98 Å². The molecule has 0 saturated heterocycles. The van der Waals surface area contributed by atoms with Crippen LogP contribution in [0.1, 0.15) is 11.1 Å². The van der Waals surface area contributed by atoms with E-state index in [4.69, 9.17) is 11.6 Å². The van der Waals surface area contributed by atoms with Crippen molar-refractivity contribution in [2.45, 2.75) is 13.8 Å². The number of pyridine rings is 1. The lowest BCUT2D eigenvalue weighted by molar-refractivity contribution is -0.514. The van der Waals surface area contributed by atoms with Gasteiger partial charge < -0.3 is 0 Å². The van der Waals surface area contributed by atoms with Gasteiger partial charge in [0.05, 0.1) is 5.02 Å². The molecule has 0 amide bonds. The predicted octanol–water partition coefficient (Wildman–Crippen LogP) is 3.76. The molecular formula is C16H14ClN2+. The Kier molecular flexibility index (Phi) is 2.96. The molecule has 3 heteroatoms. The third kappa shape index (κ3) is 2.32. The highest BCUT2D eigenvalue weighted by Gasteiger charge is 2.11. The molecule has 3 rings (SSSR count). The molecule has 0 saturated carbocycles. The van der Waals surface area contributed by atoms with Gasteiger partial charge in [-0.3, -0.25) is 0 Å². The number of hydrogen-bond acceptors (Lipinski definition) is 1. The smallest absolute Gasteiger partial charge is 0.202 e. The quantitative estimate of drug-likeness (QED) is 0.615. The van der Waals surface area contributed by atoms with Gasteiger partial charge in [0, 0.05) is 17.7 Å². The van der Waals surface area contributed by atoms with Gasteiger partial charge in [-0.2, -0.15) is 0 Å². The van der Waals surface area contributed by atoms with Gasteiger partial charge in [0.1, 0.15) is 12.4 Å². The van der Waals surface area contributed by atoms with Gasteiger partial charge in [0.25, 0.3) is 0 Å². The Labute approximate surface area is 117 Å². The average molecular weight is 270 g/mol. The second kappa shape index (κ2) is 4.63. The molecule has 0 bridgehead atoms. The Bertz CT molecular complexity index is 766. The molecule has 2 nitrogen and oxygen atoms in total. The largest absolute Gasteiger partial charge is 0.328 e. The van der Waals surface area contributed by atoms with Gasteiger partial charge in [-0.05, 0) is 30.5 Å². The van der Waals surface area contributed by atoms with E-state index in [0.717, 1.165) is 11.3 Å². The van der Waals surface area contributed by atoms with Crippen LogP contribution in [0.25, 0.3) is 16.9 Å². The number of hydrogen-bond donors (Lipinski definition) is 0. The molecule has 2 aromatic heterocycles. The number of aryl methyl sites for hydroxylation is 2. The fourth-order valence-corrected chi connectivity index (χ4v) is 2.43. The summed E-state index contributed by atoms with van der Waals surface area (Å²) in [5.74, 6) is 0. The van der Waals surface area contributed by atoms with Crippen LogP contribution in [-0.2, 0) is 0 Å². The first-order chi connectivity index (χ1) is 9.13. The molecule has 0 aliphatic heterocycles. The molecule has 0 spiro atoms. The Balaban J connectivity index is 2.17. The Morgan fingerprint density at radius 1 is 1.05 bits per heavy atom. The summed E-state index contributed by atoms with van der Waals surface area (Å²) >= 11 is 5.97. The third-order valence-electron chi connectivity index (χ3n) is 3.20. The van der Waals surface area contributed by atoms with E-state index in [0.29, 0.717) is 5.02 Å². The molecule has 19 heavy (non-hydrogen) atoms. The molecule has 0 aliphatic rings. The van der Waals surface area contributed by atoms with Crippen molar-refractivity contribution in [2.24, 2.45) is 0 Å². The van der Waals surface area contributed by atoms with Crippen LogP contribution in [0.5, 0.6) is 0 Å². The standard InChI is InChI=1S/C16H14ClN2/c1-11-3-5-14(12(2)9-11)15-7-8-19-10-13(17)4-6-16(19)18-15/h3-10H,1-2H3/q+1. The second-order valence-electron chi connectivity index (χ2n) is 4.74. The van der Waals surface area contributed by atoms with Crippen molar-refractivity contribution < 1.29 is 4.40 Å². The summed E-state index contributed by atoms with van der Waals surface area (Å²) in [6, 6.07) is 12.2. The highest BCUT2D eigenvalue weighted by atomic mass is 35.5. The molecule has 0 radical (unpaired) electrons. The van der Waals surface area contributed by atoms with Crippen molar-refractivity contribution in [3.63, 3.8) is 0 Å². The number of benzene rings is 1. The summed E-state index contributed by atoms with van der Waals surface area (Å²) in [6.07, 6.45) is 3.85. The van der Waals surface area contributed by atoms with Crippen molar-refractivity contribution >= 4 is 17.2 Å². The Morgan fingerprint density at radius 2 is 1.89 bits per heavy atom. The maximum absolute atomic E-state index is 5.97. The second-order valence-corrected chi connectivity index (χ2v) is 5.18. The van der Waals surface area contributed by atoms with Crippen LogP contribution in [0.3, 0.4) is 0 Å². The van der Waals surface area contributed by atoms with E-state index in [1.807, 2.05) is 35.0 Å². The molecule has 94 valence electrons. The van der Waals surface area contributed by atoms with Crippen LogP contribution in [0.4, 0.5) is 0 Å². The predicted molar refractivity (Wildman–Crippen MR) is 77.3 cm³/mol. The number of rotatable bonds is 1. The molecule has 0 aliphatic carbocycles. The molecule has 0 fully saturated rings. The zero-order valence-electron chi connectivity index (χ0n) is 10.9. The van der Waals surface area contributed by atoms with Gasteiger partial charge in [0.15, 0.2) is 5.69 Å². The van der Waals surface area contributed by atoms with E-state index < -0.39 is 0 Å². The molecule has 0 unspecified atom stereocenters. The van der Waals surface area contributed by atoms with E-state index in [1.165, 1.54) is 16.7 Å². The molecular weight excluding hydrogens is 256 g/mol. The summed E-state index contributed by atoms with van der Waals surface area (Å²) in [6.45, 7) is 4.21. The Hall–Kier alpha value is -1.93. The SMILES string of the molecule is Cc1ccc(-c2cc[n+]3cc(Cl)ccc3n2)c(C)c1. The molecule has 3 aromatic rings. The summed E-state index contributed by atoms with van der Waals surface area (Å²) < 4.78 is 1.93. The lowest BCUT2D eigenvalue weighted by Crippen LogP contribution is -2.21. The molecule has 0 atom stereocenters. The third-order valence-corrected chi connectivity index (χ3v) is 3.43. The molecule has 1 aromatic carbocycles. The zero-order chi connectivity index (χ0) is 13.4. The first kappa shape index (κ1) is 12.1. The number of aromatic nitrogens is 2. The minimum absolute atomic E-state index is 0.707. The summed E-state index contributed by atoms with van der Waals surface area (Å²) in [5.41, 5.74) is 5.55. The highest BCUT2D eigenvalue weighted by molar-refractivity contribution is 6.30. The van der Waals surface area contributed by atoms with Crippen LogP contribution >= 0.6 is 11.6 Å². The van der Waals surface area contributed by atoms with Crippen molar-refractivity contribution in [3.05, 3.63) is 64.9 Å². The van der Waals surface area contributed by atoms with E-state index in [9.17, 15) is 0 Å². The minimum atomic E-state index is 0.707. The lowest BCUT2D eigenvalue weighted by Gasteiger charge is -2.03. The van der Waals surface area contributed by atoms with E-state index in [1.54, 1.807) is 0 Å². The maximum Gasteiger partial charge on any atom is 0.328 e. The highest BCUT2D eigenvalue weighted by Crippen LogP contribution is 2.22. The summed E-state index contributed by atoms with van der Waals surface area (Å²) in [7, 11) is 0. The topological polar surface area (TPSA) is 17.0 Å². The monoisotopic (exact) mass is 269 g/mol. The van der Waals surface area contributed by atoms with Crippen molar-refractivity contribution in [2.75, 3.05) is 0 Å². The van der Waals surface area contributed by atoms with Crippen LogP contribution < -0.4 is 4.40 Å². The van der Waals surface area contributed by atoms with E-state index in [-0.39, 0.29) is 0 Å². The van der Waals surface area contributed by atoms with Crippen LogP contribution in [0, 0.1) is 13.8 Å². The fraction of sp³-hybridized carbons (Fsp3) is 0.125. The summed E-state index contributed by atoms with van der Waals surface area (Å²) in [5, 5.41) is 0.707. The van der Waals surface area contributed by atoms with Gasteiger partial charge in [-0.25, -0.2) is 4.40 Å². The lowest BCUT2D eigenvalue weighted by atomic mass is 10.0. The number of halogens is 1. The van der Waals surface area contributed by atoms with Crippen molar-refractivity contribution in [1.29, 1.82) is 0 Å². The van der Waals surface area contributed by atoms with Crippen molar-refractivity contribution in [3.8, 4) is 11.3 Å². The summed E-state index contributed by atoms with van der Waals surface area (Å²) in [4.78, 5) is 4.68. The van der Waals surface area contributed by atoms with Gasteiger partial charge >= 0.3 is 5.65 Å². The number of nitrogens with zero attached hydrogens (tertiary/aromatic N) is 2. The van der Waals surface area contributed by atoms with Gasteiger partial charge in [-0.15, -0.1) is 0 Å². The van der Waals surface area contributed by atoms with E-state index in [2.05, 4.69) is 37.0 Å². The van der Waals surface area contributed by atoms with Crippen molar-refractivity contribution in [1.82, 2.24) is 4.98 Å². The first-order valence-corrected chi connectivity index (χ1v) is 6.56.